The molecule has 0 bridgehead atoms. The highest BCUT2D eigenvalue weighted by Crippen LogP contribution is 2.43. The van der Waals surface area contributed by atoms with Crippen LogP contribution >= 0.6 is 0 Å². The highest BCUT2D eigenvalue weighted by molar-refractivity contribution is 6.03. The molecular formula is C12H14O5. The number of benzene rings is 1. The number of ether oxygens (including phenoxy) is 2. The summed E-state index contributed by atoms with van der Waals surface area (Å²) < 4.78 is 10.4. The highest BCUT2D eigenvalue weighted by Gasteiger charge is 2.38. The van der Waals surface area contributed by atoms with E-state index in [1.54, 1.807) is 6.92 Å². The molecule has 0 radical (unpaired) electrons. The summed E-state index contributed by atoms with van der Waals surface area (Å²) in [6, 6.07) is 1.37. The molecule has 0 aliphatic carbocycles. The van der Waals surface area contributed by atoms with Crippen molar-refractivity contribution in [2.75, 3.05) is 7.11 Å². The van der Waals surface area contributed by atoms with Gasteiger partial charge in [-0.3, -0.25) is 4.79 Å². The number of hydrogen-bond donors (Lipinski definition) is 2. The predicted molar refractivity (Wildman–Crippen MR) is 59.6 cm³/mol. The van der Waals surface area contributed by atoms with E-state index in [9.17, 15) is 15.0 Å². The minimum atomic E-state index is -1.55. The van der Waals surface area contributed by atoms with Crippen LogP contribution < -0.4 is 9.47 Å². The number of rotatable bonds is 1. The monoisotopic (exact) mass is 238 g/mol. The fraction of sp³-hybridized carbons (Fsp3) is 0.417. The smallest absolute Gasteiger partial charge is 0.212 e. The van der Waals surface area contributed by atoms with Gasteiger partial charge in [0.15, 0.2) is 5.78 Å². The number of hydrogen-bond acceptors (Lipinski definition) is 5. The fourth-order valence-electron chi connectivity index (χ4n) is 1.97. The second-order valence-corrected chi connectivity index (χ2v) is 4.30. The average Bonchev–Trinajstić information content (AvgIpc) is 2.20. The Bertz CT molecular complexity index is 490. The zero-order valence-corrected chi connectivity index (χ0v) is 9.90. The number of carbonyl (C=O) groups excluding carboxylic acids is 1. The van der Waals surface area contributed by atoms with E-state index >= 15 is 0 Å². The van der Waals surface area contributed by atoms with Crippen molar-refractivity contribution in [3.05, 3.63) is 17.2 Å². The Morgan fingerprint density at radius 3 is 2.76 bits per heavy atom. The molecule has 0 spiro atoms. The van der Waals surface area contributed by atoms with Gasteiger partial charge < -0.3 is 19.7 Å². The van der Waals surface area contributed by atoms with Gasteiger partial charge in [0.25, 0.3) is 0 Å². The van der Waals surface area contributed by atoms with Crippen LogP contribution in [0.5, 0.6) is 17.2 Å². The van der Waals surface area contributed by atoms with Gasteiger partial charge in [0, 0.05) is 18.6 Å². The topological polar surface area (TPSA) is 76.0 Å². The summed E-state index contributed by atoms with van der Waals surface area (Å²) in [6.45, 7) is 3.11. The number of fused-ring (bicyclic) bond motifs is 1. The van der Waals surface area contributed by atoms with Gasteiger partial charge >= 0.3 is 0 Å². The summed E-state index contributed by atoms with van der Waals surface area (Å²) in [5.41, 5.74) is 0.684. The third-order valence-corrected chi connectivity index (χ3v) is 2.77. The van der Waals surface area contributed by atoms with Gasteiger partial charge in [-0.15, -0.1) is 0 Å². The standard InChI is InChI=1S/C12H14O5/c1-6-9(16-3)4-7(13)10-8(14)5-12(2,15)17-11(6)10/h4,13,15H,5H2,1-3H3/t12-/m1/s1. The third kappa shape index (κ3) is 1.82. The lowest BCUT2D eigenvalue weighted by molar-refractivity contribution is -0.123. The van der Waals surface area contributed by atoms with E-state index in [4.69, 9.17) is 9.47 Å². The number of phenols is 1. The molecule has 0 saturated carbocycles. The predicted octanol–water partition coefficient (Wildman–Crippen LogP) is 1.38. The number of Topliss-reactive ketones (excluding diaryl/α,β-unsaturated/α-hetero) is 1. The van der Waals surface area contributed by atoms with Crippen LogP contribution in [0, 0.1) is 6.92 Å². The Morgan fingerprint density at radius 2 is 2.18 bits per heavy atom. The van der Waals surface area contributed by atoms with Crippen LogP contribution in [0.2, 0.25) is 0 Å². The Morgan fingerprint density at radius 1 is 1.53 bits per heavy atom. The number of aromatic hydroxyl groups is 1. The summed E-state index contributed by atoms with van der Waals surface area (Å²) in [6.07, 6.45) is -0.181. The Kier molecular flexibility index (Phi) is 2.50. The maximum Gasteiger partial charge on any atom is 0.212 e. The van der Waals surface area contributed by atoms with Crippen molar-refractivity contribution < 1.29 is 24.5 Å². The van der Waals surface area contributed by atoms with E-state index in [2.05, 4.69) is 0 Å². The molecular weight excluding hydrogens is 224 g/mol. The Hall–Kier alpha value is -1.75. The van der Waals surface area contributed by atoms with Crippen molar-refractivity contribution in [3.8, 4) is 17.2 Å². The summed E-state index contributed by atoms with van der Waals surface area (Å²) in [5, 5.41) is 19.6. The molecule has 1 heterocycles. The third-order valence-electron chi connectivity index (χ3n) is 2.77. The Labute approximate surface area is 98.6 Å². The van der Waals surface area contributed by atoms with E-state index in [0.717, 1.165) is 0 Å². The summed E-state index contributed by atoms with van der Waals surface area (Å²) >= 11 is 0. The first-order chi connectivity index (χ1) is 7.85. The van der Waals surface area contributed by atoms with Gasteiger partial charge in [-0.1, -0.05) is 0 Å². The van der Waals surface area contributed by atoms with Crippen molar-refractivity contribution in [2.45, 2.75) is 26.1 Å². The van der Waals surface area contributed by atoms with E-state index in [1.807, 2.05) is 0 Å². The molecule has 17 heavy (non-hydrogen) atoms. The van der Waals surface area contributed by atoms with Crippen molar-refractivity contribution in [1.82, 2.24) is 0 Å². The number of ketones is 1. The minimum absolute atomic E-state index is 0.106. The van der Waals surface area contributed by atoms with Crippen LogP contribution in [0.4, 0.5) is 0 Å². The minimum Gasteiger partial charge on any atom is -0.507 e. The van der Waals surface area contributed by atoms with Gasteiger partial charge in [-0.05, 0) is 6.92 Å². The molecule has 1 aromatic carbocycles. The molecule has 0 saturated heterocycles. The van der Waals surface area contributed by atoms with Gasteiger partial charge in [0.05, 0.1) is 13.5 Å². The molecule has 0 aromatic heterocycles. The van der Waals surface area contributed by atoms with Crippen molar-refractivity contribution in [3.63, 3.8) is 0 Å². The largest absolute Gasteiger partial charge is 0.507 e. The molecule has 2 N–H and O–H groups in total. The molecule has 0 fully saturated rings. The molecule has 1 aliphatic rings. The van der Waals surface area contributed by atoms with Crippen LogP contribution in [-0.2, 0) is 0 Å². The maximum atomic E-state index is 11.8. The molecule has 1 atom stereocenters. The van der Waals surface area contributed by atoms with Gasteiger partial charge in [-0.25, -0.2) is 0 Å². The molecule has 1 aromatic rings. The number of carbonyl (C=O) groups is 1. The van der Waals surface area contributed by atoms with Crippen molar-refractivity contribution in [1.29, 1.82) is 0 Å². The summed E-state index contributed by atoms with van der Waals surface area (Å²) in [5.74, 6) is -1.49. The molecule has 2 rings (SSSR count). The van der Waals surface area contributed by atoms with Gasteiger partial charge in [-0.2, -0.15) is 0 Å². The zero-order valence-electron chi connectivity index (χ0n) is 9.90. The normalized spacial score (nSPS) is 22.9. The quantitative estimate of drug-likeness (QED) is 0.773. The van der Waals surface area contributed by atoms with E-state index < -0.39 is 5.79 Å². The van der Waals surface area contributed by atoms with Crippen LogP contribution in [0.15, 0.2) is 6.07 Å². The highest BCUT2D eigenvalue weighted by atomic mass is 16.6. The molecule has 5 nitrogen and oxygen atoms in total. The van der Waals surface area contributed by atoms with Crippen molar-refractivity contribution in [2.24, 2.45) is 0 Å². The lowest BCUT2D eigenvalue weighted by atomic mass is 9.95. The SMILES string of the molecule is COc1cc(O)c2c(c1C)O[C@@](C)(O)CC2=O. The van der Waals surface area contributed by atoms with Crippen LogP contribution in [0.1, 0.15) is 29.3 Å². The first-order valence-electron chi connectivity index (χ1n) is 5.21. The first-order valence-corrected chi connectivity index (χ1v) is 5.21. The molecule has 5 heteroatoms. The van der Waals surface area contributed by atoms with E-state index in [0.29, 0.717) is 11.3 Å². The fourth-order valence-corrected chi connectivity index (χ4v) is 1.97. The van der Waals surface area contributed by atoms with Crippen LogP contribution in [0.3, 0.4) is 0 Å². The number of aliphatic hydroxyl groups is 1. The number of methoxy groups -OCH3 is 1. The van der Waals surface area contributed by atoms with E-state index in [1.165, 1.54) is 20.1 Å². The maximum absolute atomic E-state index is 11.8. The second-order valence-electron chi connectivity index (χ2n) is 4.30. The molecule has 1 aliphatic heterocycles. The second kappa shape index (κ2) is 3.63. The van der Waals surface area contributed by atoms with Crippen molar-refractivity contribution >= 4 is 5.78 Å². The van der Waals surface area contributed by atoms with Crippen LogP contribution in [0.25, 0.3) is 0 Å². The molecule has 0 unspecified atom stereocenters. The van der Waals surface area contributed by atoms with Gasteiger partial charge in [0.2, 0.25) is 5.79 Å². The van der Waals surface area contributed by atoms with Gasteiger partial charge in [0.1, 0.15) is 22.8 Å². The summed E-state index contributed by atoms with van der Waals surface area (Å²) in [4.78, 5) is 11.8. The zero-order chi connectivity index (χ0) is 12.8. The molecule has 0 amide bonds. The summed E-state index contributed by atoms with van der Waals surface area (Å²) in [7, 11) is 1.46. The lowest BCUT2D eigenvalue weighted by Crippen LogP contribution is -2.39. The lowest BCUT2D eigenvalue weighted by Gasteiger charge is -2.31. The Balaban J connectivity index is 2.68. The molecule has 92 valence electrons. The average molecular weight is 238 g/mol. The number of phenolic OH excluding ortho intramolecular Hbond substituents is 1. The van der Waals surface area contributed by atoms with Crippen LogP contribution in [-0.4, -0.2) is 28.9 Å². The first kappa shape index (κ1) is 11.7. The van der Waals surface area contributed by atoms with E-state index in [-0.39, 0.29) is 29.3 Å².